The first-order chi connectivity index (χ1) is 9.86. The first kappa shape index (κ1) is 16.5. The molecule has 120 valence electrons. The van der Waals surface area contributed by atoms with Gasteiger partial charge in [0, 0.05) is 5.92 Å². The molecule has 0 N–H and O–H groups in total. The van der Waals surface area contributed by atoms with E-state index in [0.29, 0.717) is 0 Å². The first-order valence-corrected chi connectivity index (χ1v) is 9.48. The molecular weight excluding hydrogens is 292 g/mol. The quantitative estimate of drug-likeness (QED) is 0.670. The maximum Gasteiger partial charge on any atom is 0.306 e. The Hall–Kier alpha value is -0.910. The lowest BCUT2D eigenvalue weighted by molar-refractivity contribution is -0.141. The number of methoxy groups -OCH3 is 1. The number of ketones is 1. The summed E-state index contributed by atoms with van der Waals surface area (Å²) < 4.78 is 29.1. The molecular formula is C15H24O5S. The lowest BCUT2D eigenvalue weighted by Gasteiger charge is -2.21. The van der Waals surface area contributed by atoms with Gasteiger partial charge < -0.3 is 4.74 Å². The lowest BCUT2D eigenvalue weighted by Crippen LogP contribution is -2.30. The van der Waals surface area contributed by atoms with Gasteiger partial charge in [0.25, 0.3) is 0 Å². The van der Waals surface area contributed by atoms with Crippen LogP contribution in [-0.2, 0) is 24.2 Å². The molecule has 2 rings (SSSR count). The van der Waals surface area contributed by atoms with Crippen LogP contribution in [0.15, 0.2) is 0 Å². The van der Waals surface area contributed by atoms with Gasteiger partial charge in [0.15, 0.2) is 15.6 Å². The van der Waals surface area contributed by atoms with Crippen molar-refractivity contribution in [3.8, 4) is 0 Å². The number of Topliss-reactive ketones (excluding diaryl/α,β-unsaturated/α-hetero) is 1. The second-order valence-electron chi connectivity index (χ2n) is 6.59. The largest absolute Gasteiger partial charge is 0.469 e. The Balaban J connectivity index is 1.89. The van der Waals surface area contributed by atoms with Crippen LogP contribution in [0.1, 0.15) is 51.4 Å². The zero-order valence-corrected chi connectivity index (χ0v) is 13.4. The average Bonchev–Trinajstić information content (AvgIpc) is 3.17. The Labute approximate surface area is 126 Å². The molecule has 0 atom stereocenters. The molecule has 6 heteroatoms. The number of carbonyl (C=O) groups is 2. The molecule has 0 radical (unpaired) electrons. The monoisotopic (exact) mass is 316 g/mol. The van der Waals surface area contributed by atoms with Crippen molar-refractivity contribution in [3.63, 3.8) is 0 Å². The molecule has 0 spiro atoms. The molecule has 0 aromatic heterocycles. The van der Waals surface area contributed by atoms with E-state index in [0.717, 1.165) is 44.9 Å². The van der Waals surface area contributed by atoms with Crippen molar-refractivity contribution >= 4 is 21.6 Å². The Morgan fingerprint density at radius 1 is 1.14 bits per heavy atom. The van der Waals surface area contributed by atoms with Gasteiger partial charge in [-0.05, 0) is 31.1 Å². The predicted octanol–water partition coefficient (Wildman–Crippen LogP) is 1.89. The molecule has 0 heterocycles. The molecule has 0 aromatic rings. The molecule has 21 heavy (non-hydrogen) atoms. The summed E-state index contributed by atoms with van der Waals surface area (Å²) in [5.41, 5.74) is -0.473. The highest BCUT2D eigenvalue weighted by atomic mass is 32.2. The topological polar surface area (TPSA) is 77.5 Å². The summed E-state index contributed by atoms with van der Waals surface area (Å²) in [6, 6.07) is 0. The van der Waals surface area contributed by atoms with Crippen molar-refractivity contribution in [1.82, 2.24) is 0 Å². The van der Waals surface area contributed by atoms with E-state index in [2.05, 4.69) is 4.74 Å². The van der Waals surface area contributed by atoms with Gasteiger partial charge >= 0.3 is 5.97 Å². The standard InChI is InChI=1S/C15H24O5S/c1-20-14(17)9-15(7-8-15)11-21(18,19)10-13(16)12-5-3-2-4-6-12/h12H,2-11H2,1H3. The third-order valence-corrected chi connectivity index (χ3v) is 6.43. The maximum absolute atomic E-state index is 12.2. The number of hydrogen-bond acceptors (Lipinski definition) is 5. The Morgan fingerprint density at radius 3 is 2.29 bits per heavy atom. The zero-order chi connectivity index (χ0) is 15.5. The van der Waals surface area contributed by atoms with Crippen LogP contribution in [0.25, 0.3) is 0 Å². The third-order valence-electron chi connectivity index (χ3n) is 4.65. The van der Waals surface area contributed by atoms with Crippen LogP contribution < -0.4 is 0 Å². The number of esters is 1. The number of rotatable bonds is 7. The Kier molecular flexibility index (Phi) is 5.07. The molecule has 5 nitrogen and oxygen atoms in total. The predicted molar refractivity (Wildman–Crippen MR) is 78.5 cm³/mol. The molecule has 0 aromatic carbocycles. The Bertz CT molecular complexity index is 498. The maximum atomic E-state index is 12.2. The molecule has 2 aliphatic carbocycles. The summed E-state index contributed by atoms with van der Waals surface area (Å²) >= 11 is 0. The highest BCUT2D eigenvalue weighted by molar-refractivity contribution is 7.92. The van der Waals surface area contributed by atoms with Gasteiger partial charge in [-0.25, -0.2) is 8.42 Å². The number of sulfone groups is 1. The molecule has 0 amide bonds. The first-order valence-electron chi connectivity index (χ1n) is 7.66. The van der Waals surface area contributed by atoms with Crippen LogP contribution in [0.4, 0.5) is 0 Å². The van der Waals surface area contributed by atoms with Crippen molar-refractivity contribution in [1.29, 1.82) is 0 Å². The number of carbonyl (C=O) groups excluding carboxylic acids is 2. The summed E-state index contributed by atoms with van der Waals surface area (Å²) in [6.07, 6.45) is 6.39. The fourth-order valence-corrected chi connectivity index (χ4v) is 5.30. The van der Waals surface area contributed by atoms with E-state index in [-0.39, 0.29) is 35.6 Å². The Morgan fingerprint density at radius 2 is 1.76 bits per heavy atom. The van der Waals surface area contributed by atoms with Gasteiger partial charge in [-0.1, -0.05) is 19.3 Å². The summed E-state index contributed by atoms with van der Waals surface area (Å²) in [5.74, 6) is -1.01. The van der Waals surface area contributed by atoms with Crippen molar-refractivity contribution in [2.45, 2.75) is 51.4 Å². The fraction of sp³-hybridized carbons (Fsp3) is 0.867. The van der Waals surface area contributed by atoms with E-state index in [1.807, 2.05) is 0 Å². The highest BCUT2D eigenvalue weighted by Crippen LogP contribution is 2.50. The van der Waals surface area contributed by atoms with Gasteiger partial charge in [0.1, 0.15) is 5.75 Å². The van der Waals surface area contributed by atoms with Gasteiger partial charge in [-0.2, -0.15) is 0 Å². The summed E-state index contributed by atoms with van der Waals surface area (Å²) in [6.45, 7) is 0. The van der Waals surface area contributed by atoms with Crippen molar-refractivity contribution in [2.75, 3.05) is 18.6 Å². The van der Waals surface area contributed by atoms with E-state index in [4.69, 9.17) is 0 Å². The molecule has 0 unspecified atom stereocenters. The summed E-state index contributed by atoms with van der Waals surface area (Å²) in [7, 11) is -2.13. The smallest absolute Gasteiger partial charge is 0.306 e. The normalized spacial score (nSPS) is 21.8. The van der Waals surface area contributed by atoms with E-state index < -0.39 is 15.3 Å². The third kappa shape index (κ3) is 4.80. The molecule has 0 bridgehead atoms. The van der Waals surface area contributed by atoms with Gasteiger partial charge in [-0.15, -0.1) is 0 Å². The SMILES string of the molecule is COC(=O)CC1(CS(=O)(=O)CC(=O)C2CCCCC2)CC1. The van der Waals surface area contributed by atoms with Crippen molar-refractivity contribution in [2.24, 2.45) is 11.3 Å². The van der Waals surface area contributed by atoms with E-state index in [1.54, 1.807) is 0 Å². The molecule has 2 aliphatic rings. The summed E-state index contributed by atoms with van der Waals surface area (Å²) in [5, 5.41) is 0. The van der Waals surface area contributed by atoms with E-state index in [1.165, 1.54) is 7.11 Å². The van der Waals surface area contributed by atoms with Crippen LogP contribution in [0.2, 0.25) is 0 Å². The second kappa shape index (κ2) is 6.46. The minimum atomic E-state index is -3.44. The van der Waals surface area contributed by atoms with Gasteiger partial charge in [0.2, 0.25) is 0 Å². The van der Waals surface area contributed by atoms with Crippen LogP contribution in [0, 0.1) is 11.3 Å². The second-order valence-corrected chi connectivity index (χ2v) is 8.65. The molecule has 0 aliphatic heterocycles. The van der Waals surface area contributed by atoms with Crippen molar-refractivity contribution < 1.29 is 22.7 Å². The van der Waals surface area contributed by atoms with Gasteiger partial charge in [-0.3, -0.25) is 9.59 Å². The van der Waals surface area contributed by atoms with Crippen LogP contribution in [0.5, 0.6) is 0 Å². The fourth-order valence-electron chi connectivity index (χ4n) is 3.20. The average molecular weight is 316 g/mol. The molecule has 0 saturated heterocycles. The van der Waals surface area contributed by atoms with E-state index >= 15 is 0 Å². The molecule has 2 saturated carbocycles. The van der Waals surface area contributed by atoms with Crippen LogP contribution in [-0.4, -0.2) is 38.8 Å². The van der Waals surface area contributed by atoms with Crippen LogP contribution in [0.3, 0.4) is 0 Å². The molecule has 2 fully saturated rings. The summed E-state index contributed by atoms with van der Waals surface area (Å²) in [4.78, 5) is 23.5. The zero-order valence-electron chi connectivity index (χ0n) is 12.6. The minimum absolute atomic E-state index is 0.0619. The highest BCUT2D eigenvalue weighted by Gasteiger charge is 2.48. The van der Waals surface area contributed by atoms with Crippen LogP contribution >= 0.6 is 0 Å². The lowest BCUT2D eigenvalue weighted by atomic mass is 9.87. The van der Waals surface area contributed by atoms with E-state index in [9.17, 15) is 18.0 Å². The van der Waals surface area contributed by atoms with Crippen molar-refractivity contribution in [3.05, 3.63) is 0 Å². The number of hydrogen-bond donors (Lipinski definition) is 0. The van der Waals surface area contributed by atoms with Gasteiger partial charge in [0.05, 0.1) is 19.3 Å². The minimum Gasteiger partial charge on any atom is -0.469 e. The number of ether oxygens (including phenoxy) is 1.